The number of benzene rings is 2. The molecule has 6 heteroatoms. The zero-order valence-corrected chi connectivity index (χ0v) is 19.5. The second-order valence-electron chi connectivity index (χ2n) is 7.59. The summed E-state index contributed by atoms with van der Waals surface area (Å²) in [5, 5.41) is 3.58. The van der Waals surface area contributed by atoms with E-state index >= 15 is 0 Å². The van der Waals surface area contributed by atoms with Crippen LogP contribution in [0.1, 0.15) is 39.2 Å². The molecule has 0 aliphatic carbocycles. The summed E-state index contributed by atoms with van der Waals surface area (Å²) in [6, 6.07) is 17.0. The van der Waals surface area contributed by atoms with Crippen molar-refractivity contribution in [2.24, 2.45) is 5.92 Å². The highest BCUT2D eigenvalue weighted by atomic mass is 35.5. The molecule has 0 fully saturated rings. The molecule has 0 heterocycles. The van der Waals surface area contributed by atoms with Gasteiger partial charge in [-0.15, -0.1) is 11.8 Å². The van der Waals surface area contributed by atoms with Gasteiger partial charge in [-0.25, -0.2) is 0 Å². The van der Waals surface area contributed by atoms with Gasteiger partial charge in [0, 0.05) is 35.2 Å². The van der Waals surface area contributed by atoms with Crippen molar-refractivity contribution in [3.05, 3.63) is 65.2 Å². The summed E-state index contributed by atoms with van der Waals surface area (Å²) < 4.78 is 0. The Bertz CT molecular complexity index is 814. The molecular weight excluding hydrogens is 416 g/mol. The van der Waals surface area contributed by atoms with E-state index in [2.05, 4.69) is 19.2 Å². The van der Waals surface area contributed by atoms with Gasteiger partial charge in [-0.05, 0) is 36.1 Å². The Labute approximate surface area is 189 Å². The fourth-order valence-electron chi connectivity index (χ4n) is 3.07. The highest BCUT2D eigenvalue weighted by molar-refractivity contribution is 7.99. The molecule has 0 aliphatic rings. The van der Waals surface area contributed by atoms with Crippen LogP contribution in [-0.2, 0) is 16.1 Å². The summed E-state index contributed by atoms with van der Waals surface area (Å²) in [6.45, 7) is 6.95. The molecule has 0 spiro atoms. The van der Waals surface area contributed by atoms with E-state index < -0.39 is 6.04 Å². The molecule has 1 atom stereocenters. The fourth-order valence-corrected chi connectivity index (χ4v) is 4.13. The maximum absolute atomic E-state index is 13.2. The third-order valence-corrected chi connectivity index (χ3v) is 6.08. The Morgan fingerprint density at radius 2 is 1.73 bits per heavy atom. The summed E-state index contributed by atoms with van der Waals surface area (Å²) in [5.41, 5.74) is 0.846. The number of amides is 2. The minimum Gasteiger partial charge on any atom is -0.354 e. The van der Waals surface area contributed by atoms with Gasteiger partial charge < -0.3 is 10.2 Å². The van der Waals surface area contributed by atoms with Gasteiger partial charge in [0.2, 0.25) is 11.8 Å². The lowest BCUT2D eigenvalue weighted by Crippen LogP contribution is -2.49. The first-order chi connectivity index (χ1) is 14.4. The number of nitrogens with one attached hydrogen (secondary N) is 1. The normalized spacial score (nSPS) is 11.9. The van der Waals surface area contributed by atoms with Crippen molar-refractivity contribution in [1.29, 1.82) is 0 Å². The number of thioether (sulfide) groups is 1. The van der Waals surface area contributed by atoms with Crippen molar-refractivity contribution in [2.45, 2.75) is 51.1 Å². The molecular formula is C24H31ClN2O2S. The van der Waals surface area contributed by atoms with Crippen LogP contribution in [0.4, 0.5) is 0 Å². The third-order valence-electron chi connectivity index (χ3n) is 4.70. The van der Waals surface area contributed by atoms with E-state index in [1.807, 2.05) is 61.5 Å². The monoisotopic (exact) mass is 446 g/mol. The van der Waals surface area contributed by atoms with Crippen LogP contribution in [0.2, 0.25) is 5.02 Å². The molecule has 0 saturated heterocycles. The average Bonchev–Trinajstić information content (AvgIpc) is 2.74. The Balaban J connectivity index is 2.13. The van der Waals surface area contributed by atoms with Crippen molar-refractivity contribution in [2.75, 3.05) is 12.3 Å². The predicted molar refractivity (Wildman–Crippen MR) is 126 cm³/mol. The number of hydrogen-bond donors (Lipinski definition) is 1. The van der Waals surface area contributed by atoms with E-state index in [0.717, 1.165) is 10.5 Å². The molecule has 30 heavy (non-hydrogen) atoms. The standard InChI is InChI=1S/C24H31ClN2O2S/c1-4-22(24(29)26-16-18(2)3)27(17-19-10-8-9-13-21(19)25)23(28)14-15-30-20-11-6-5-7-12-20/h5-13,18,22H,4,14-17H2,1-3H3,(H,26,29)/t22-/m1/s1. The van der Waals surface area contributed by atoms with Crippen molar-refractivity contribution in [3.63, 3.8) is 0 Å². The van der Waals surface area contributed by atoms with Crippen LogP contribution in [0, 0.1) is 5.92 Å². The van der Waals surface area contributed by atoms with Crippen LogP contribution in [0.3, 0.4) is 0 Å². The second-order valence-corrected chi connectivity index (χ2v) is 9.16. The molecule has 2 aromatic rings. The molecule has 0 aliphatic heterocycles. The van der Waals surface area contributed by atoms with Crippen LogP contribution < -0.4 is 5.32 Å². The maximum atomic E-state index is 13.2. The van der Waals surface area contributed by atoms with E-state index in [-0.39, 0.29) is 11.8 Å². The molecule has 162 valence electrons. The second kappa shape index (κ2) is 12.7. The molecule has 0 bridgehead atoms. The molecule has 2 aromatic carbocycles. The summed E-state index contributed by atoms with van der Waals surface area (Å²) in [7, 11) is 0. The third kappa shape index (κ3) is 7.69. The van der Waals surface area contributed by atoms with Gasteiger partial charge in [-0.3, -0.25) is 9.59 Å². The van der Waals surface area contributed by atoms with Crippen LogP contribution in [0.25, 0.3) is 0 Å². The van der Waals surface area contributed by atoms with Crippen molar-refractivity contribution in [3.8, 4) is 0 Å². The largest absolute Gasteiger partial charge is 0.354 e. The number of rotatable bonds is 11. The summed E-state index contributed by atoms with van der Waals surface area (Å²) in [6.07, 6.45) is 0.907. The van der Waals surface area contributed by atoms with Crippen molar-refractivity contribution < 1.29 is 9.59 Å². The van der Waals surface area contributed by atoms with Gasteiger partial charge in [0.05, 0.1) is 0 Å². The van der Waals surface area contributed by atoms with Crippen molar-refractivity contribution in [1.82, 2.24) is 10.2 Å². The van der Waals surface area contributed by atoms with E-state index in [4.69, 9.17) is 11.6 Å². The van der Waals surface area contributed by atoms with Crippen LogP contribution in [0.15, 0.2) is 59.5 Å². The smallest absolute Gasteiger partial charge is 0.242 e. The number of carbonyl (C=O) groups is 2. The van der Waals surface area contributed by atoms with Gasteiger partial charge in [-0.2, -0.15) is 0 Å². The zero-order chi connectivity index (χ0) is 21.9. The average molecular weight is 447 g/mol. The Morgan fingerprint density at radius 3 is 2.37 bits per heavy atom. The van der Waals surface area contributed by atoms with E-state index in [1.54, 1.807) is 16.7 Å². The predicted octanol–water partition coefficient (Wildman–Crippen LogP) is 5.40. The minimum atomic E-state index is -0.519. The first kappa shape index (κ1) is 24.3. The Morgan fingerprint density at radius 1 is 1.07 bits per heavy atom. The van der Waals surface area contributed by atoms with Crippen LogP contribution in [-0.4, -0.2) is 35.1 Å². The molecule has 0 radical (unpaired) electrons. The first-order valence-corrected chi connectivity index (χ1v) is 11.8. The SMILES string of the molecule is CC[C@H](C(=O)NCC(C)C)N(Cc1ccccc1Cl)C(=O)CCSc1ccccc1. The quantitative estimate of drug-likeness (QED) is 0.470. The maximum Gasteiger partial charge on any atom is 0.242 e. The molecule has 0 saturated carbocycles. The molecule has 2 rings (SSSR count). The molecule has 4 nitrogen and oxygen atoms in total. The highest BCUT2D eigenvalue weighted by Gasteiger charge is 2.28. The number of carbonyl (C=O) groups excluding carboxylic acids is 2. The lowest BCUT2D eigenvalue weighted by atomic mass is 10.1. The summed E-state index contributed by atoms with van der Waals surface area (Å²) in [4.78, 5) is 28.8. The Kier molecular flexibility index (Phi) is 10.2. The molecule has 0 aromatic heterocycles. The zero-order valence-electron chi connectivity index (χ0n) is 17.9. The van der Waals surface area contributed by atoms with Gasteiger partial charge in [0.25, 0.3) is 0 Å². The van der Waals surface area contributed by atoms with Gasteiger partial charge in [0.1, 0.15) is 6.04 Å². The Hall–Kier alpha value is -1.98. The van der Waals surface area contributed by atoms with E-state index in [9.17, 15) is 9.59 Å². The highest BCUT2D eigenvalue weighted by Crippen LogP contribution is 2.22. The lowest BCUT2D eigenvalue weighted by Gasteiger charge is -2.31. The van der Waals surface area contributed by atoms with Crippen LogP contribution in [0.5, 0.6) is 0 Å². The number of nitrogens with zero attached hydrogens (tertiary/aromatic N) is 1. The van der Waals surface area contributed by atoms with Gasteiger partial charge in [-0.1, -0.05) is 68.8 Å². The van der Waals surface area contributed by atoms with Crippen molar-refractivity contribution >= 4 is 35.2 Å². The minimum absolute atomic E-state index is 0.0371. The topological polar surface area (TPSA) is 49.4 Å². The van der Waals surface area contributed by atoms with E-state index in [0.29, 0.717) is 42.6 Å². The lowest BCUT2D eigenvalue weighted by molar-refractivity contribution is -0.141. The molecule has 1 N–H and O–H groups in total. The van der Waals surface area contributed by atoms with Crippen LogP contribution >= 0.6 is 23.4 Å². The number of hydrogen-bond acceptors (Lipinski definition) is 3. The first-order valence-electron chi connectivity index (χ1n) is 10.4. The fraction of sp³-hybridized carbons (Fsp3) is 0.417. The number of halogens is 1. The summed E-state index contributed by atoms with van der Waals surface area (Å²) >= 11 is 7.99. The van der Waals surface area contributed by atoms with Gasteiger partial charge in [0.15, 0.2) is 0 Å². The molecule has 2 amide bonds. The van der Waals surface area contributed by atoms with Gasteiger partial charge >= 0.3 is 0 Å². The molecule has 0 unspecified atom stereocenters. The van der Waals surface area contributed by atoms with E-state index in [1.165, 1.54) is 0 Å². The summed E-state index contributed by atoms with van der Waals surface area (Å²) in [5.74, 6) is 0.861.